The minimum Gasteiger partial charge on any atom is -0.359 e. The Bertz CT molecular complexity index is 133. The van der Waals surface area contributed by atoms with Crippen molar-refractivity contribution in [3.63, 3.8) is 0 Å². The molecule has 1 saturated carbocycles. The number of rotatable bonds is 1. The van der Waals surface area contributed by atoms with E-state index in [4.69, 9.17) is 0 Å². The molecule has 1 fully saturated rings. The highest BCUT2D eigenvalue weighted by Crippen LogP contribution is 2.31. The average molecular weight is 140 g/mol. The van der Waals surface area contributed by atoms with Gasteiger partial charge >= 0.3 is 0 Å². The molecule has 0 spiro atoms. The van der Waals surface area contributed by atoms with E-state index in [1.165, 1.54) is 5.92 Å². The van der Waals surface area contributed by atoms with Gasteiger partial charge in [-0.25, -0.2) is 0 Å². The molecule has 1 unspecified atom stereocenters. The fourth-order valence-electron chi connectivity index (χ4n) is 1.47. The monoisotopic (exact) mass is 140 g/mol. The van der Waals surface area contributed by atoms with Crippen molar-refractivity contribution in [2.75, 3.05) is 7.05 Å². The number of hydrogen-bond acceptors (Lipinski definition) is 1. The van der Waals surface area contributed by atoms with E-state index in [0.29, 0.717) is 0 Å². The van der Waals surface area contributed by atoms with Crippen LogP contribution in [-0.4, -0.2) is 13.0 Å². The van der Waals surface area contributed by atoms with Gasteiger partial charge < -0.3 is 5.32 Å². The third-order valence-corrected chi connectivity index (χ3v) is 2.13. The van der Waals surface area contributed by atoms with Crippen molar-refractivity contribution < 1.29 is 4.79 Å². The largest absolute Gasteiger partial charge is 0.359 e. The highest BCUT2D eigenvalue weighted by atomic mass is 16.1. The Morgan fingerprint density at radius 2 is 2.40 bits per heavy atom. The molecule has 1 radical (unpaired) electrons. The Labute approximate surface area is 62.0 Å². The lowest BCUT2D eigenvalue weighted by molar-refractivity contribution is -0.124. The quantitative estimate of drug-likeness (QED) is 0.581. The summed E-state index contributed by atoms with van der Waals surface area (Å²) in [5.41, 5.74) is 0. The van der Waals surface area contributed by atoms with Gasteiger partial charge in [0.2, 0.25) is 5.91 Å². The highest BCUT2D eigenvalue weighted by Gasteiger charge is 2.26. The van der Waals surface area contributed by atoms with Crippen LogP contribution in [0.1, 0.15) is 26.2 Å². The molecule has 0 aromatic rings. The van der Waals surface area contributed by atoms with Crippen LogP contribution in [0.4, 0.5) is 0 Å². The van der Waals surface area contributed by atoms with E-state index in [9.17, 15) is 4.79 Å². The van der Waals surface area contributed by atoms with Gasteiger partial charge in [-0.05, 0) is 25.2 Å². The van der Waals surface area contributed by atoms with E-state index in [1.54, 1.807) is 7.05 Å². The minimum atomic E-state index is 0.205. The lowest BCUT2D eigenvalue weighted by atomic mass is 10.1. The van der Waals surface area contributed by atoms with Crippen LogP contribution >= 0.6 is 0 Å². The number of hydrogen-bond donors (Lipinski definition) is 1. The molecule has 1 N–H and O–H groups in total. The van der Waals surface area contributed by atoms with Gasteiger partial charge in [-0.1, -0.05) is 6.92 Å². The van der Waals surface area contributed by atoms with Crippen LogP contribution in [0.15, 0.2) is 0 Å². The molecule has 57 valence electrons. The molecule has 0 aliphatic heterocycles. The smallest absolute Gasteiger partial charge is 0.222 e. The van der Waals surface area contributed by atoms with E-state index in [0.717, 1.165) is 19.3 Å². The lowest BCUT2D eigenvalue weighted by Gasteiger charge is -2.05. The van der Waals surface area contributed by atoms with E-state index >= 15 is 0 Å². The molecule has 2 nitrogen and oxygen atoms in total. The van der Waals surface area contributed by atoms with Crippen molar-refractivity contribution in [3.05, 3.63) is 5.92 Å². The summed E-state index contributed by atoms with van der Waals surface area (Å²) < 4.78 is 0. The van der Waals surface area contributed by atoms with Crippen LogP contribution in [-0.2, 0) is 4.79 Å². The summed E-state index contributed by atoms with van der Waals surface area (Å²) in [5, 5.41) is 2.68. The van der Waals surface area contributed by atoms with Gasteiger partial charge in [-0.3, -0.25) is 4.79 Å². The number of carbonyl (C=O) groups is 1. The van der Waals surface area contributed by atoms with Gasteiger partial charge in [0.25, 0.3) is 0 Å². The zero-order valence-electron chi connectivity index (χ0n) is 6.61. The Kier molecular flexibility index (Phi) is 2.30. The van der Waals surface area contributed by atoms with Gasteiger partial charge in [0.15, 0.2) is 0 Å². The van der Waals surface area contributed by atoms with Gasteiger partial charge in [0.05, 0.1) is 0 Å². The second kappa shape index (κ2) is 3.04. The first-order chi connectivity index (χ1) is 4.74. The summed E-state index contributed by atoms with van der Waals surface area (Å²) in [6.45, 7) is 2.13. The Morgan fingerprint density at radius 1 is 1.70 bits per heavy atom. The van der Waals surface area contributed by atoms with Crippen LogP contribution in [0.2, 0.25) is 0 Å². The van der Waals surface area contributed by atoms with Crippen LogP contribution in [0.25, 0.3) is 0 Å². The van der Waals surface area contributed by atoms with E-state index in [-0.39, 0.29) is 11.8 Å². The molecule has 1 amide bonds. The third-order valence-electron chi connectivity index (χ3n) is 2.13. The molecular formula is C8H14NO. The van der Waals surface area contributed by atoms with Crippen molar-refractivity contribution in [2.45, 2.75) is 26.2 Å². The number of nitrogens with one attached hydrogen (secondary N) is 1. The maximum Gasteiger partial charge on any atom is 0.222 e. The third kappa shape index (κ3) is 1.49. The first-order valence-electron chi connectivity index (χ1n) is 3.77. The summed E-state index contributed by atoms with van der Waals surface area (Å²) in [4.78, 5) is 11.0. The zero-order valence-corrected chi connectivity index (χ0v) is 6.61. The molecule has 1 aliphatic carbocycles. The van der Waals surface area contributed by atoms with Crippen molar-refractivity contribution in [1.82, 2.24) is 5.32 Å². The highest BCUT2D eigenvalue weighted by molar-refractivity contribution is 5.78. The minimum absolute atomic E-state index is 0.205. The molecule has 2 heteroatoms. The van der Waals surface area contributed by atoms with Gasteiger partial charge in [-0.15, -0.1) is 0 Å². The summed E-state index contributed by atoms with van der Waals surface area (Å²) in [5.74, 6) is 1.94. The maximum absolute atomic E-state index is 11.0. The van der Waals surface area contributed by atoms with Gasteiger partial charge in [0.1, 0.15) is 0 Å². The molecule has 0 bridgehead atoms. The lowest BCUT2D eigenvalue weighted by Crippen LogP contribution is -2.25. The van der Waals surface area contributed by atoms with Gasteiger partial charge in [0, 0.05) is 13.0 Å². The van der Waals surface area contributed by atoms with E-state index < -0.39 is 0 Å². The molecule has 0 aromatic carbocycles. The van der Waals surface area contributed by atoms with Crippen molar-refractivity contribution >= 4 is 5.91 Å². The fourth-order valence-corrected chi connectivity index (χ4v) is 1.47. The number of carbonyl (C=O) groups excluding carboxylic acids is 1. The van der Waals surface area contributed by atoms with Crippen molar-refractivity contribution in [1.29, 1.82) is 0 Å². The number of amides is 1. The standard InChI is InChI=1S/C8H14NO/c1-6-3-4-7(5-6)8(10)9-2/h7H,3-5H2,1-2H3,(H,9,10). The zero-order chi connectivity index (χ0) is 7.56. The second-order valence-corrected chi connectivity index (χ2v) is 3.01. The van der Waals surface area contributed by atoms with E-state index in [1.807, 2.05) is 0 Å². The Morgan fingerprint density at radius 3 is 2.80 bits per heavy atom. The molecule has 10 heavy (non-hydrogen) atoms. The van der Waals surface area contributed by atoms with E-state index in [2.05, 4.69) is 12.2 Å². The molecule has 0 saturated heterocycles. The molecule has 1 aliphatic rings. The van der Waals surface area contributed by atoms with Crippen LogP contribution < -0.4 is 5.32 Å². The summed E-state index contributed by atoms with van der Waals surface area (Å²) in [6.07, 6.45) is 3.18. The normalized spacial score (nSPS) is 26.8. The first-order valence-corrected chi connectivity index (χ1v) is 3.77. The molecular weight excluding hydrogens is 126 g/mol. The first kappa shape index (κ1) is 7.58. The summed E-state index contributed by atoms with van der Waals surface area (Å²) >= 11 is 0. The molecule has 0 aromatic heterocycles. The Balaban J connectivity index is 2.37. The topological polar surface area (TPSA) is 29.1 Å². The second-order valence-electron chi connectivity index (χ2n) is 3.01. The summed E-state index contributed by atoms with van der Waals surface area (Å²) in [6, 6.07) is 0. The van der Waals surface area contributed by atoms with Crippen LogP contribution in [0.3, 0.4) is 0 Å². The molecule has 0 heterocycles. The summed E-state index contributed by atoms with van der Waals surface area (Å²) in [7, 11) is 1.70. The van der Waals surface area contributed by atoms with Gasteiger partial charge in [-0.2, -0.15) is 0 Å². The van der Waals surface area contributed by atoms with Crippen molar-refractivity contribution in [2.24, 2.45) is 5.92 Å². The predicted octanol–water partition coefficient (Wildman–Crippen LogP) is 1.13. The molecule has 1 atom stereocenters. The van der Waals surface area contributed by atoms with Crippen molar-refractivity contribution in [3.8, 4) is 0 Å². The fraction of sp³-hybridized carbons (Fsp3) is 0.750. The van der Waals surface area contributed by atoms with Crippen LogP contribution in [0, 0.1) is 11.8 Å². The van der Waals surface area contributed by atoms with Crippen LogP contribution in [0.5, 0.6) is 0 Å². The molecule has 1 rings (SSSR count). The Hall–Kier alpha value is -0.530. The maximum atomic E-state index is 11.0. The predicted molar refractivity (Wildman–Crippen MR) is 40.3 cm³/mol. The SMILES string of the molecule is CNC(=O)C1CC[C](C)C1. The average Bonchev–Trinajstić information content (AvgIpc) is 2.34.